The van der Waals surface area contributed by atoms with Gasteiger partial charge in [0.25, 0.3) is 0 Å². The molecule has 1 aliphatic rings. The molecule has 33 heavy (non-hydrogen) atoms. The number of carbonyl (C=O) groups excluding carboxylic acids is 1. The molecule has 0 saturated carbocycles. The second kappa shape index (κ2) is 10.5. The van der Waals surface area contributed by atoms with Gasteiger partial charge in [-0.2, -0.15) is 5.10 Å². The lowest BCUT2D eigenvalue weighted by atomic mass is 9.98. The fourth-order valence-electron chi connectivity index (χ4n) is 5.02. The number of carbonyl (C=O) groups is 1. The molecule has 1 saturated heterocycles. The predicted molar refractivity (Wildman–Crippen MR) is 132 cm³/mol. The van der Waals surface area contributed by atoms with Crippen molar-refractivity contribution < 1.29 is 4.79 Å². The Morgan fingerprint density at radius 1 is 1.18 bits per heavy atom. The molecule has 6 heteroatoms. The second-order valence-corrected chi connectivity index (χ2v) is 9.42. The highest BCUT2D eigenvalue weighted by Crippen LogP contribution is 2.32. The number of hydrogen-bond donors (Lipinski definition) is 1. The number of aromatic nitrogens is 3. The largest absolute Gasteiger partial charge is 0.356 e. The van der Waals surface area contributed by atoms with E-state index in [0.717, 1.165) is 60.8 Å². The fourth-order valence-corrected chi connectivity index (χ4v) is 5.02. The van der Waals surface area contributed by atoms with Crippen LogP contribution in [0.5, 0.6) is 0 Å². The van der Waals surface area contributed by atoms with Crippen LogP contribution in [0.2, 0.25) is 0 Å². The van der Waals surface area contributed by atoms with Crippen molar-refractivity contribution in [2.24, 2.45) is 0 Å². The molecule has 1 N–H and O–H groups in total. The predicted octanol–water partition coefficient (Wildman–Crippen LogP) is 4.84. The first-order valence-electron chi connectivity index (χ1n) is 12.4. The monoisotopic (exact) mass is 447 g/mol. The van der Waals surface area contributed by atoms with E-state index in [1.807, 2.05) is 11.4 Å². The molecule has 1 atom stereocenters. The molecule has 2 aromatic heterocycles. The summed E-state index contributed by atoms with van der Waals surface area (Å²) in [6.45, 7) is 11.1. The van der Waals surface area contributed by atoms with Crippen LogP contribution in [0.1, 0.15) is 78.8 Å². The van der Waals surface area contributed by atoms with E-state index in [2.05, 4.69) is 61.3 Å². The maximum atomic E-state index is 12.1. The van der Waals surface area contributed by atoms with Crippen molar-refractivity contribution in [3.63, 3.8) is 0 Å². The summed E-state index contributed by atoms with van der Waals surface area (Å²) < 4.78 is 1.99. The smallest absolute Gasteiger partial charge is 0.220 e. The Kier molecular flexibility index (Phi) is 7.43. The number of rotatable bonds is 8. The van der Waals surface area contributed by atoms with E-state index >= 15 is 0 Å². The molecule has 3 aromatic rings. The molecule has 0 spiro atoms. The number of nitrogens with zero attached hydrogens (tertiary/aromatic N) is 4. The molecule has 4 rings (SSSR count). The third-order valence-corrected chi connectivity index (χ3v) is 6.78. The molecule has 6 nitrogen and oxygen atoms in total. The number of amides is 1. The number of hydrogen-bond acceptors (Lipinski definition) is 4. The van der Waals surface area contributed by atoms with E-state index in [9.17, 15) is 4.79 Å². The van der Waals surface area contributed by atoms with Gasteiger partial charge < -0.3 is 5.32 Å². The van der Waals surface area contributed by atoms with Crippen LogP contribution in [-0.4, -0.2) is 38.5 Å². The van der Waals surface area contributed by atoms with E-state index in [-0.39, 0.29) is 5.91 Å². The molecule has 1 aliphatic heterocycles. The highest BCUT2D eigenvalue weighted by molar-refractivity contribution is 5.76. The summed E-state index contributed by atoms with van der Waals surface area (Å²) in [7, 11) is 0. The first kappa shape index (κ1) is 23.4. The van der Waals surface area contributed by atoms with Gasteiger partial charge in [-0.25, -0.2) is 9.50 Å². The van der Waals surface area contributed by atoms with E-state index < -0.39 is 0 Å². The molecule has 0 radical (unpaired) electrons. The highest BCUT2D eigenvalue weighted by Gasteiger charge is 2.27. The Morgan fingerprint density at radius 3 is 2.82 bits per heavy atom. The molecule has 0 bridgehead atoms. The van der Waals surface area contributed by atoms with Crippen LogP contribution >= 0.6 is 0 Å². The maximum absolute atomic E-state index is 12.1. The summed E-state index contributed by atoms with van der Waals surface area (Å²) in [5.74, 6) is 0.103. The second-order valence-electron chi connectivity index (χ2n) is 9.42. The van der Waals surface area contributed by atoms with Gasteiger partial charge in [0.05, 0.1) is 11.7 Å². The minimum atomic E-state index is 0.103. The minimum Gasteiger partial charge on any atom is -0.356 e. The van der Waals surface area contributed by atoms with Crippen molar-refractivity contribution in [3.8, 4) is 0 Å². The van der Waals surface area contributed by atoms with Gasteiger partial charge in [-0.05, 0) is 64.1 Å². The minimum absolute atomic E-state index is 0.103. The topological polar surface area (TPSA) is 62.5 Å². The molecule has 0 aliphatic carbocycles. The molecule has 0 unspecified atom stereocenters. The third kappa shape index (κ3) is 5.44. The fraction of sp³-hybridized carbons (Fsp3) is 0.519. The molecular weight excluding hydrogens is 410 g/mol. The summed E-state index contributed by atoms with van der Waals surface area (Å²) in [4.78, 5) is 19.6. The van der Waals surface area contributed by atoms with Crippen LogP contribution in [0.3, 0.4) is 0 Å². The molecule has 1 aromatic carbocycles. The lowest BCUT2D eigenvalue weighted by Gasteiger charge is -2.34. The SMILES string of the molecule is CCCNC(=O)CCc1c(C)nc2cc([C@@H]3CCCCN3Cc3cccc(C)c3)nn2c1C. The number of piperidine rings is 1. The van der Waals surface area contributed by atoms with Gasteiger partial charge >= 0.3 is 0 Å². The number of benzene rings is 1. The number of nitrogens with one attached hydrogen (secondary N) is 1. The zero-order chi connectivity index (χ0) is 23.4. The Labute approximate surface area is 197 Å². The Morgan fingerprint density at radius 2 is 2.03 bits per heavy atom. The van der Waals surface area contributed by atoms with E-state index in [1.165, 1.54) is 24.0 Å². The number of likely N-dealkylation sites (tertiary alicyclic amines) is 1. The average molecular weight is 448 g/mol. The zero-order valence-corrected chi connectivity index (χ0v) is 20.5. The Bertz CT molecular complexity index is 1120. The van der Waals surface area contributed by atoms with Crippen LogP contribution in [0.15, 0.2) is 30.3 Å². The van der Waals surface area contributed by atoms with Crippen LogP contribution in [0.4, 0.5) is 0 Å². The van der Waals surface area contributed by atoms with Crippen molar-refractivity contribution in [1.29, 1.82) is 0 Å². The van der Waals surface area contributed by atoms with Crippen molar-refractivity contribution in [2.45, 2.75) is 78.8 Å². The molecule has 1 fully saturated rings. The van der Waals surface area contributed by atoms with Gasteiger partial charge in [0.2, 0.25) is 5.91 Å². The van der Waals surface area contributed by atoms with Gasteiger partial charge in [-0.15, -0.1) is 0 Å². The third-order valence-electron chi connectivity index (χ3n) is 6.78. The van der Waals surface area contributed by atoms with Crippen LogP contribution < -0.4 is 5.32 Å². The van der Waals surface area contributed by atoms with Gasteiger partial charge in [0.15, 0.2) is 5.65 Å². The quantitative estimate of drug-likeness (QED) is 0.537. The Balaban J connectivity index is 1.57. The van der Waals surface area contributed by atoms with Crippen molar-refractivity contribution in [2.75, 3.05) is 13.1 Å². The normalized spacial score (nSPS) is 16.9. The van der Waals surface area contributed by atoms with E-state index in [4.69, 9.17) is 10.1 Å². The first-order valence-corrected chi connectivity index (χ1v) is 12.4. The summed E-state index contributed by atoms with van der Waals surface area (Å²) in [6, 6.07) is 11.3. The van der Waals surface area contributed by atoms with Crippen LogP contribution in [0.25, 0.3) is 5.65 Å². The highest BCUT2D eigenvalue weighted by atomic mass is 16.1. The van der Waals surface area contributed by atoms with Crippen LogP contribution in [0, 0.1) is 20.8 Å². The van der Waals surface area contributed by atoms with Crippen molar-refractivity contribution in [1.82, 2.24) is 24.8 Å². The van der Waals surface area contributed by atoms with Gasteiger partial charge in [-0.3, -0.25) is 9.69 Å². The molecular formula is C27H37N5O. The molecule has 176 valence electrons. The van der Waals surface area contributed by atoms with E-state index in [1.54, 1.807) is 0 Å². The molecule has 1 amide bonds. The lowest BCUT2D eigenvalue weighted by Crippen LogP contribution is -2.33. The average Bonchev–Trinajstić information content (AvgIpc) is 3.22. The summed E-state index contributed by atoms with van der Waals surface area (Å²) in [5, 5.41) is 8.00. The maximum Gasteiger partial charge on any atom is 0.220 e. The summed E-state index contributed by atoms with van der Waals surface area (Å²) in [5.41, 5.74) is 7.89. The Hall–Kier alpha value is -2.73. The summed E-state index contributed by atoms with van der Waals surface area (Å²) in [6.07, 6.45) is 5.71. The number of aryl methyl sites for hydroxylation is 3. The zero-order valence-electron chi connectivity index (χ0n) is 20.5. The lowest BCUT2D eigenvalue weighted by molar-refractivity contribution is -0.121. The van der Waals surface area contributed by atoms with Crippen LogP contribution in [-0.2, 0) is 17.8 Å². The van der Waals surface area contributed by atoms with Gasteiger partial charge in [0.1, 0.15) is 0 Å². The molecule has 3 heterocycles. The van der Waals surface area contributed by atoms with Gasteiger partial charge in [0, 0.05) is 37.0 Å². The standard InChI is InChI=1S/C27H37N5O/c1-5-14-28-27(33)13-12-23-20(3)29-26-17-24(30-32(26)21(23)4)25-11-6-7-15-31(25)18-22-10-8-9-19(2)16-22/h8-10,16-17,25H,5-7,11-15,18H2,1-4H3,(H,28,33)/t25-/m0/s1. The van der Waals surface area contributed by atoms with Gasteiger partial charge in [-0.1, -0.05) is 43.2 Å². The first-order chi connectivity index (χ1) is 16.0. The summed E-state index contributed by atoms with van der Waals surface area (Å²) >= 11 is 0. The van der Waals surface area contributed by atoms with Crippen molar-refractivity contribution in [3.05, 3.63) is 64.1 Å². The van der Waals surface area contributed by atoms with Crippen molar-refractivity contribution >= 4 is 11.6 Å². The number of fused-ring (bicyclic) bond motifs is 1. The van der Waals surface area contributed by atoms with E-state index in [0.29, 0.717) is 18.9 Å².